The predicted molar refractivity (Wildman–Crippen MR) is 94.2 cm³/mol. The summed E-state index contributed by atoms with van der Waals surface area (Å²) in [7, 11) is 1.95. The molecule has 1 aliphatic heterocycles. The van der Waals surface area contributed by atoms with Gasteiger partial charge in [-0.25, -0.2) is 0 Å². The summed E-state index contributed by atoms with van der Waals surface area (Å²) >= 11 is 0. The summed E-state index contributed by atoms with van der Waals surface area (Å²) in [4.78, 5) is 14.8. The van der Waals surface area contributed by atoms with Gasteiger partial charge >= 0.3 is 0 Å². The summed E-state index contributed by atoms with van der Waals surface area (Å²) in [5.74, 6) is 1.30. The first-order valence-electron chi connectivity index (χ1n) is 9.71. The molecular weight excluding hydrogens is 330 g/mol. The number of nitrogens with one attached hydrogen (secondary N) is 1. The van der Waals surface area contributed by atoms with Gasteiger partial charge in [0.25, 0.3) is 0 Å². The Bertz CT molecular complexity index is 822. The standard InChI is InChI=1S/C19H25N5O2/c1-23-16(8-9-21-23)19-14(10-18(25)24(19)12-6-7-12)20-11-15-13-4-2-3-5-17(13)26-22-15/h8-9,12,14,19-20H,2-7,10-11H2,1H3/t14-,19-/m1/s1. The van der Waals surface area contributed by atoms with Gasteiger partial charge in [0.15, 0.2) is 0 Å². The monoisotopic (exact) mass is 355 g/mol. The molecule has 0 radical (unpaired) electrons. The molecular formula is C19H25N5O2. The minimum atomic E-state index is 0.0465. The van der Waals surface area contributed by atoms with Crippen molar-refractivity contribution in [1.82, 2.24) is 25.2 Å². The van der Waals surface area contributed by atoms with Crippen LogP contribution < -0.4 is 5.32 Å². The van der Waals surface area contributed by atoms with Gasteiger partial charge < -0.3 is 14.7 Å². The van der Waals surface area contributed by atoms with Gasteiger partial charge in [-0.15, -0.1) is 0 Å². The van der Waals surface area contributed by atoms with Crippen molar-refractivity contribution in [3.8, 4) is 0 Å². The summed E-state index contributed by atoms with van der Waals surface area (Å²) in [6, 6.07) is 2.55. The molecule has 3 heterocycles. The van der Waals surface area contributed by atoms with Crippen LogP contribution in [0.4, 0.5) is 0 Å². The lowest BCUT2D eigenvalue weighted by molar-refractivity contribution is -0.129. The van der Waals surface area contributed by atoms with E-state index in [0.717, 1.165) is 42.8 Å². The topological polar surface area (TPSA) is 76.2 Å². The Morgan fingerprint density at radius 2 is 2.15 bits per heavy atom. The first-order valence-corrected chi connectivity index (χ1v) is 9.71. The highest BCUT2D eigenvalue weighted by molar-refractivity contribution is 5.81. The zero-order valence-corrected chi connectivity index (χ0v) is 15.1. The van der Waals surface area contributed by atoms with E-state index in [2.05, 4.69) is 20.5 Å². The lowest BCUT2D eigenvalue weighted by atomic mass is 9.96. The molecule has 1 saturated heterocycles. The Hall–Kier alpha value is -2.15. The van der Waals surface area contributed by atoms with Crippen LogP contribution in [-0.2, 0) is 31.2 Å². The van der Waals surface area contributed by atoms with Crippen molar-refractivity contribution < 1.29 is 9.32 Å². The highest BCUT2D eigenvalue weighted by atomic mass is 16.5. The molecule has 2 aromatic rings. The number of aromatic nitrogens is 3. The van der Waals surface area contributed by atoms with E-state index in [1.807, 2.05) is 24.0 Å². The quantitative estimate of drug-likeness (QED) is 0.886. The first-order chi connectivity index (χ1) is 12.7. The third-order valence-corrected chi connectivity index (χ3v) is 6.03. The molecule has 3 aliphatic rings. The van der Waals surface area contributed by atoms with E-state index in [1.54, 1.807) is 0 Å². The Morgan fingerprint density at radius 3 is 2.92 bits per heavy atom. The second-order valence-corrected chi connectivity index (χ2v) is 7.79. The first kappa shape index (κ1) is 16.1. The number of nitrogens with zero attached hydrogens (tertiary/aromatic N) is 4. The zero-order valence-electron chi connectivity index (χ0n) is 15.1. The summed E-state index contributed by atoms with van der Waals surface area (Å²) < 4.78 is 7.42. The molecule has 0 unspecified atom stereocenters. The Morgan fingerprint density at radius 1 is 1.31 bits per heavy atom. The van der Waals surface area contributed by atoms with Gasteiger partial charge in [0.2, 0.25) is 5.91 Å². The number of hydrogen-bond donors (Lipinski definition) is 1. The summed E-state index contributed by atoms with van der Waals surface area (Å²) in [5.41, 5.74) is 3.40. The third-order valence-electron chi connectivity index (χ3n) is 6.03. The average molecular weight is 355 g/mol. The number of aryl methyl sites for hydroxylation is 2. The lowest BCUT2D eigenvalue weighted by Gasteiger charge is -2.28. The molecule has 0 bridgehead atoms. The van der Waals surface area contributed by atoms with Crippen molar-refractivity contribution in [2.45, 2.75) is 69.6 Å². The smallest absolute Gasteiger partial charge is 0.225 e. The number of likely N-dealkylation sites (tertiary alicyclic amines) is 1. The molecule has 1 N–H and O–H groups in total. The molecule has 1 saturated carbocycles. The molecule has 26 heavy (non-hydrogen) atoms. The number of carbonyl (C=O) groups is 1. The number of amides is 1. The second kappa shape index (κ2) is 6.23. The van der Waals surface area contributed by atoms with Crippen molar-refractivity contribution in [3.63, 3.8) is 0 Å². The van der Waals surface area contributed by atoms with Crippen LogP contribution in [0, 0.1) is 0 Å². The van der Waals surface area contributed by atoms with Gasteiger partial charge in [-0.2, -0.15) is 5.10 Å². The Kier molecular flexibility index (Phi) is 3.85. The number of rotatable bonds is 5. The third kappa shape index (κ3) is 2.65. The largest absolute Gasteiger partial charge is 0.361 e. The van der Waals surface area contributed by atoms with E-state index in [0.29, 0.717) is 19.0 Å². The molecule has 1 amide bonds. The molecule has 2 aromatic heterocycles. The fourth-order valence-electron chi connectivity index (χ4n) is 4.56. The maximum absolute atomic E-state index is 12.7. The molecule has 7 heteroatoms. The van der Waals surface area contributed by atoms with Crippen molar-refractivity contribution in [3.05, 3.63) is 35.0 Å². The molecule has 0 aromatic carbocycles. The highest BCUT2D eigenvalue weighted by Gasteiger charge is 2.48. The Balaban J connectivity index is 1.38. The van der Waals surface area contributed by atoms with E-state index in [1.165, 1.54) is 18.4 Å². The number of hydrogen-bond acceptors (Lipinski definition) is 5. The average Bonchev–Trinajstić information content (AvgIpc) is 3.11. The fraction of sp³-hybridized carbons (Fsp3) is 0.632. The molecule has 2 aliphatic carbocycles. The molecule has 2 atom stereocenters. The summed E-state index contributed by atoms with van der Waals surface area (Å²) in [6.07, 6.45) is 9.02. The molecule has 5 rings (SSSR count). The fourth-order valence-corrected chi connectivity index (χ4v) is 4.56. The minimum absolute atomic E-state index is 0.0465. The number of fused-ring (bicyclic) bond motifs is 1. The van der Waals surface area contributed by atoms with E-state index in [9.17, 15) is 4.79 Å². The van der Waals surface area contributed by atoms with Crippen LogP contribution >= 0.6 is 0 Å². The van der Waals surface area contributed by atoms with Crippen LogP contribution in [0.15, 0.2) is 16.8 Å². The van der Waals surface area contributed by atoms with Crippen molar-refractivity contribution >= 4 is 5.91 Å². The van der Waals surface area contributed by atoms with Crippen molar-refractivity contribution in [1.29, 1.82) is 0 Å². The van der Waals surface area contributed by atoms with Crippen molar-refractivity contribution in [2.75, 3.05) is 0 Å². The predicted octanol–water partition coefficient (Wildman–Crippen LogP) is 1.88. The van der Waals surface area contributed by atoms with Crippen LogP contribution in [0.3, 0.4) is 0 Å². The molecule has 2 fully saturated rings. The van der Waals surface area contributed by atoms with Crippen molar-refractivity contribution in [2.24, 2.45) is 7.05 Å². The maximum atomic E-state index is 12.7. The van der Waals surface area contributed by atoms with Gasteiger partial charge in [-0.05, 0) is 38.2 Å². The van der Waals surface area contributed by atoms with E-state index in [4.69, 9.17) is 4.52 Å². The maximum Gasteiger partial charge on any atom is 0.225 e. The minimum Gasteiger partial charge on any atom is -0.361 e. The van der Waals surface area contributed by atoms with E-state index >= 15 is 0 Å². The van der Waals surface area contributed by atoms with Crippen LogP contribution in [-0.4, -0.2) is 37.8 Å². The number of carbonyl (C=O) groups excluding carboxylic acids is 1. The molecule has 7 nitrogen and oxygen atoms in total. The van der Waals surface area contributed by atoms with Gasteiger partial charge in [-0.1, -0.05) is 5.16 Å². The van der Waals surface area contributed by atoms with E-state index < -0.39 is 0 Å². The lowest BCUT2D eigenvalue weighted by Crippen LogP contribution is -2.38. The highest BCUT2D eigenvalue weighted by Crippen LogP contribution is 2.41. The van der Waals surface area contributed by atoms with Gasteiger partial charge in [-0.3, -0.25) is 9.48 Å². The van der Waals surface area contributed by atoms with E-state index in [-0.39, 0.29) is 18.0 Å². The zero-order chi connectivity index (χ0) is 17.7. The Labute approximate surface area is 152 Å². The SMILES string of the molecule is Cn1nccc1[C@H]1[C@H](NCc2noc3c2CCCC3)CC(=O)N1C1CC1. The van der Waals surface area contributed by atoms with Crippen LogP contribution in [0.25, 0.3) is 0 Å². The normalized spacial score (nSPS) is 25.7. The van der Waals surface area contributed by atoms with Gasteiger partial charge in [0.1, 0.15) is 11.5 Å². The van der Waals surface area contributed by atoms with Crippen LogP contribution in [0.5, 0.6) is 0 Å². The van der Waals surface area contributed by atoms with Gasteiger partial charge in [0.05, 0.1) is 11.7 Å². The van der Waals surface area contributed by atoms with Crippen LogP contribution in [0.2, 0.25) is 0 Å². The molecule has 138 valence electrons. The molecule has 0 spiro atoms. The van der Waals surface area contributed by atoms with Gasteiger partial charge in [0, 0.05) is 50.3 Å². The van der Waals surface area contributed by atoms with Crippen LogP contribution in [0.1, 0.15) is 60.9 Å². The summed E-state index contributed by atoms with van der Waals surface area (Å²) in [6.45, 7) is 0.656. The summed E-state index contributed by atoms with van der Waals surface area (Å²) in [5, 5.41) is 12.2. The second-order valence-electron chi connectivity index (χ2n) is 7.79.